The maximum Gasteiger partial charge on any atom is 0.253 e. The number of fused-ring (bicyclic) bond motifs is 1. The van der Waals surface area contributed by atoms with E-state index in [1.54, 1.807) is 0 Å². The predicted molar refractivity (Wildman–Crippen MR) is 94.3 cm³/mol. The molecule has 2 heterocycles. The Balaban J connectivity index is 1.74. The third-order valence-corrected chi connectivity index (χ3v) is 4.60. The second-order valence-corrected chi connectivity index (χ2v) is 6.33. The fourth-order valence-corrected chi connectivity index (χ4v) is 3.39. The van der Waals surface area contributed by atoms with Crippen LogP contribution in [0.4, 0.5) is 0 Å². The second-order valence-electron chi connectivity index (χ2n) is 6.33. The van der Waals surface area contributed by atoms with Crippen molar-refractivity contribution in [3.05, 3.63) is 59.9 Å². The molecule has 0 saturated carbocycles. The average Bonchev–Trinajstić information content (AvgIpc) is 3.16. The second kappa shape index (κ2) is 5.76. The molecule has 24 heavy (non-hydrogen) atoms. The van der Waals surface area contributed by atoms with E-state index in [-0.39, 0.29) is 11.9 Å². The molecule has 5 heteroatoms. The summed E-state index contributed by atoms with van der Waals surface area (Å²) in [7, 11) is 0. The van der Waals surface area contributed by atoms with E-state index in [0.29, 0.717) is 12.1 Å². The first-order chi connectivity index (χ1) is 11.6. The van der Waals surface area contributed by atoms with E-state index in [1.165, 1.54) is 0 Å². The molecule has 1 aromatic heterocycles. The van der Waals surface area contributed by atoms with Crippen LogP contribution in [0.2, 0.25) is 0 Å². The Morgan fingerprint density at radius 3 is 2.71 bits per heavy atom. The number of aryl methyl sites for hydroxylation is 1. The van der Waals surface area contributed by atoms with E-state index in [9.17, 15) is 4.79 Å². The maximum absolute atomic E-state index is 12.6. The van der Waals surface area contributed by atoms with Gasteiger partial charge in [-0.05, 0) is 43.7 Å². The van der Waals surface area contributed by atoms with Gasteiger partial charge in [0.15, 0.2) is 0 Å². The van der Waals surface area contributed by atoms with Crippen LogP contribution >= 0.6 is 0 Å². The van der Waals surface area contributed by atoms with Crippen molar-refractivity contribution in [3.8, 4) is 5.69 Å². The molecule has 1 saturated heterocycles. The number of likely N-dealkylation sites (tertiary alicyclic amines) is 1. The highest BCUT2D eigenvalue weighted by Crippen LogP contribution is 2.23. The van der Waals surface area contributed by atoms with Gasteiger partial charge in [0.2, 0.25) is 0 Å². The lowest BCUT2D eigenvalue weighted by Crippen LogP contribution is -2.31. The number of aromatic nitrogens is 2. The predicted octanol–water partition coefficient (Wildman–Crippen LogP) is 2.51. The van der Waals surface area contributed by atoms with Gasteiger partial charge in [0.1, 0.15) is 5.82 Å². The van der Waals surface area contributed by atoms with Crippen LogP contribution in [0.25, 0.3) is 16.7 Å². The first-order valence-corrected chi connectivity index (χ1v) is 8.23. The molecule has 2 N–H and O–H groups in total. The standard InChI is InChI=1S/C19H20N4O/c1-13-21-17-11-14(19(24)22-10-9-15(20)12-22)7-8-18(17)23(13)16-5-3-2-4-6-16/h2-8,11,15H,9-10,12,20H2,1H3/t15-/m1/s1. The summed E-state index contributed by atoms with van der Waals surface area (Å²) >= 11 is 0. The third-order valence-electron chi connectivity index (χ3n) is 4.60. The summed E-state index contributed by atoms with van der Waals surface area (Å²) in [6.07, 6.45) is 0.871. The molecule has 0 aliphatic carbocycles. The van der Waals surface area contributed by atoms with Gasteiger partial charge in [-0.25, -0.2) is 4.98 Å². The number of benzene rings is 2. The SMILES string of the molecule is Cc1nc2cc(C(=O)N3CC[C@@H](N)C3)ccc2n1-c1ccccc1. The molecular formula is C19H20N4O. The lowest BCUT2D eigenvalue weighted by Gasteiger charge is -2.15. The zero-order valence-electron chi connectivity index (χ0n) is 13.6. The normalized spacial score (nSPS) is 17.6. The van der Waals surface area contributed by atoms with Crippen molar-refractivity contribution in [2.75, 3.05) is 13.1 Å². The summed E-state index contributed by atoms with van der Waals surface area (Å²) in [6.45, 7) is 3.35. The fraction of sp³-hybridized carbons (Fsp3) is 0.263. The van der Waals surface area contributed by atoms with Crippen LogP contribution in [0.5, 0.6) is 0 Å². The molecule has 0 unspecified atom stereocenters. The molecule has 3 aromatic rings. The number of rotatable bonds is 2. The van der Waals surface area contributed by atoms with Crippen LogP contribution in [-0.2, 0) is 0 Å². The molecule has 1 amide bonds. The van der Waals surface area contributed by atoms with Crippen LogP contribution in [-0.4, -0.2) is 39.5 Å². The van der Waals surface area contributed by atoms with Crippen LogP contribution < -0.4 is 5.73 Å². The molecule has 1 aliphatic heterocycles. The molecule has 1 fully saturated rings. The summed E-state index contributed by atoms with van der Waals surface area (Å²) in [6, 6.07) is 16.0. The van der Waals surface area contributed by atoms with Crippen LogP contribution in [0.3, 0.4) is 0 Å². The van der Waals surface area contributed by atoms with E-state index < -0.39 is 0 Å². The van der Waals surface area contributed by atoms with Gasteiger partial charge in [0, 0.05) is 30.4 Å². The van der Waals surface area contributed by atoms with Crippen LogP contribution in [0.1, 0.15) is 22.6 Å². The molecule has 0 spiro atoms. The molecule has 0 radical (unpaired) electrons. The van der Waals surface area contributed by atoms with Gasteiger partial charge < -0.3 is 10.6 Å². The number of carbonyl (C=O) groups is 1. The molecule has 1 atom stereocenters. The summed E-state index contributed by atoms with van der Waals surface area (Å²) in [4.78, 5) is 19.1. The van der Waals surface area contributed by atoms with Gasteiger partial charge >= 0.3 is 0 Å². The summed E-state index contributed by atoms with van der Waals surface area (Å²) in [5.41, 5.74) is 9.50. The topological polar surface area (TPSA) is 64.2 Å². The zero-order valence-corrected chi connectivity index (χ0v) is 13.6. The van der Waals surface area contributed by atoms with Crippen molar-refractivity contribution in [1.29, 1.82) is 0 Å². The fourth-order valence-electron chi connectivity index (χ4n) is 3.39. The molecule has 4 rings (SSSR count). The first-order valence-electron chi connectivity index (χ1n) is 8.23. The Morgan fingerprint density at radius 2 is 2.00 bits per heavy atom. The maximum atomic E-state index is 12.6. The van der Waals surface area contributed by atoms with Crippen LogP contribution in [0, 0.1) is 6.92 Å². The van der Waals surface area contributed by atoms with Gasteiger partial charge in [-0.15, -0.1) is 0 Å². The van der Waals surface area contributed by atoms with Crippen molar-refractivity contribution in [2.45, 2.75) is 19.4 Å². The first kappa shape index (κ1) is 14.9. The number of para-hydroxylation sites is 1. The Morgan fingerprint density at radius 1 is 1.21 bits per heavy atom. The minimum absolute atomic E-state index is 0.0387. The van der Waals surface area contributed by atoms with Crippen molar-refractivity contribution in [2.24, 2.45) is 5.73 Å². The van der Waals surface area contributed by atoms with Crippen LogP contribution in [0.15, 0.2) is 48.5 Å². The lowest BCUT2D eigenvalue weighted by molar-refractivity contribution is 0.0791. The monoisotopic (exact) mass is 320 g/mol. The number of hydrogen-bond donors (Lipinski definition) is 1. The number of imidazole rings is 1. The average molecular weight is 320 g/mol. The number of hydrogen-bond acceptors (Lipinski definition) is 3. The largest absolute Gasteiger partial charge is 0.337 e. The van der Waals surface area contributed by atoms with Crippen molar-refractivity contribution in [3.63, 3.8) is 0 Å². The van der Waals surface area contributed by atoms with E-state index in [4.69, 9.17) is 5.73 Å². The van der Waals surface area contributed by atoms with E-state index >= 15 is 0 Å². The van der Waals surface area contributed by atoms with Gasteiger partial charge in [-0.2, -0.15) is 0 Å². The summed E-state index contributed by atoms with van der Waals surface area (Å²) in [5.74, 6) is 0.945. The van der Waals surface area contributed by atoms with Gasteiger partial charge in [0.05, 0.1) is 11.0 Å². The van der Waals surface area contributed by atoms with E-state index in [2.05, 4.69) is 21.7 Å². The minimum Gasteiger partial charge on any atom is -0.337 e. The Hall–Kier alpha value is -2.66. The van der Waals surface area contributed by atoms with Gasteiger partial charge in [-0.3, -0.25) is 9.36 Å². The Labute approximate surface area is 140 Å². The Kier molecular flexibility index (Phi) is 3.58. The van der Waals surface area contributed by atoms with Gasteiger partial charge in [0.25, 0.3) is 5.91 Å². The summed E-state index contributed by atoms with van der Waals surface area (Å²) in [5, 5.41) is 0. The van der Waals surface area contributed by atoms with Crippen molar-refractivity contribution in [1.82, 2.24) is 14.5 Å². The molecule has 2 aromatic carbocycles. The third kappa shape index (κ3) is 2.47. The number of nitrogens with zero attached hydrogens (tertiary/aromatic N) is 3. The van der Waals surface area contributed by atoms with Gasteiger partial charge in [-0.1, -0.05) is 18.2 Å². The highest BCUT2D eigenvalue weighted by Gasteiger charge is 2.25. The quantitative estimate of drug-likeness (QED) is 0.789. The van der Waals surface area contributed by atoms with Crippen molar-refractivity contribution < 1.29 is 4.79 Å². The smallest absolute Gasteiger partial charge is 0.253 e. The zero-order chi connectivity index (χ0) is 16.7. The molecule has 0 bridgehead atoms. The number of amides is 1. The minimum atomic E-state index is 0.0387. The highest BCUT2D eigenvalue weighted by molar-refractivity contribution is 5.97. The number of nitrogens with two attached hydrogens (primary N) is 1. The molecular weight excluding hydrogens is 300 g/mol. The van der Waals surface area contributed by atoms with E-state index in [1.807, 2.05) is 48.2 Å². The molecule has 122 valence electrons. The van der Waals surface area contributed by atoms with Crippen molar-refractivity contribution >= 4 is 16.9 Å². The molecule has 1 aliphatic rings. The number of carbonyl (C=O) groups excluding carboxylic acids is 1. The highest BCUT2D eigenvalue weighted by atomic mass is 16.2. The lowest BCUT2D eigenvalue weighted by atomic mass is 10.1. The van der Waals surface area contributed by atoms with E-state index in [0.717, 1.165) is 35.5 Å². The molecule has 5 nitrogen and oxygen atoms in total. The Bertz CT molecular complexity index is 900. The summed E-state index contributed by atoms with van der Waals surface area (Å²) < 4.78 is 2.11.